The first kappa shape index (κ1) is 34.4. The molecule has 0 aliphatic rings. The Morgan fingerprint density at radius 1 is 0.860 bits per heavy atom. The number of nitrogens with zero attached hydrogens (tertiary/aromatic N) is 2. The molecule has 0 aliphatic heterocycles. The van der Waals surface area contributed by atoms with Gasteiger partial charge in [-0.2, -0.15) is 0 Å². The van der Waals surface area contributed by atoms with Crippen molar-refractivity contribution < 1.29 is 18.0 Å². The van der Waals surface area contributed by atoms with E-state index in [-0.39, 0.29) is 29.3 Å². The molecule has 1 N–H and O–H groups in total. The molecule has 7 nitrogen and oxygen atoms in total. The van der Waals surface area contributed by atoms with Crippen LogP contribution < -0.4 is 9.62 Å². The summed E-state index contributed by atoms with van der Waals surface area (Å²) in [4.78, 5) is 29.1. The molecule has 0 bridgehead atoms. The monoisotopic (exact) mass is 645 g/mol. The van der Waals surface area contributed by atoms with Crippen LogP contribution in [0.25, 0.3) is 0 Å². The highest BCUT2D eigenvalue weighted by atomic mass is 35.5. The van der Waals surface area contributed by atoms with Crippen LogP contribution in [-0.2, 0) is 26.2 Å². The Hall–Kier alpha value is -3.07. The number of amides is 2. The minimum atomic E-state index is -4.15. The largest absolute Gasteiger partial charge is 0.352 e. The summed E-state index contributed by atoms with van der Waals surface area (Å²) in [6.45, 7) is 11.2. The fourth-order valence-electron chi connectivity index (χ4n) is 4.59. The van der Waals surface area contributed by atoms with Crippen LogP contribution in [0.4, 0.5) is 5.69 Å². The predicted octanol–water partition coefficient (Wildman–Crippen LogP) is 7.34. The highest BCUT2D eigenvalue weighted by molar-refractivity contribution is 7.92. The molecule has 3 aromatic rings. The van der Waals surface area contributed by atoms with Crippen LogP contribution in [0.5, 0.6) is 0 Å². The zero-order chi connectivity index (χ0) is 31.9. The Bertz CT molecular complexity index is 1510. The molecule has 0 aliphatic carbocycles. The van der Waals surface area contributed by atoms with Gasteiger partial charge in [-0.15, -0.1) is 0 Å². The van der Waals surface area contributed by atoms with E-state index in [4.69, 9.17) is 23.2 Å². The average molecular weight is 647 g/mol. The Balaban J connectivity index is 2.09. The van der Waals surface area contributed by atoms with Gasteiger partial charge in [0.1, 0.15) is 12.6 Å². The molecule has 0 saturated heterocycles. The summed E-state index contributed by atoms with van der Waals surface area (Å²) in [5.41, 5.74) is 2.96. The molecule has 0 heterocycles. The lowest BCUT2D eigenvalue weighted by Crippen LogP contribution is -2.53. The first-order valence-electron chi connectivity index (χ1n) is 14.5. The van der Waals surface area contributed by atoms with Gasteiger partial charge in [0.25, 0.3) is 10.0 Å². The Morgan fingerprint density at radius 2 is 1.49 bits per heavy atom. The number of nitrogens with one attached hydrogen (secondary N) is 1. The summed E-state index contributed by atoms with van der Waals surface area (Å²) in [6, 6.07) is 17.7. The third-order valence-corrected chi connectivity index (χ3v) is 9.99. The smallest absolute Gasteiger partial charge is 0.264 e. The van der Waals surface area contributed by atoms with E-state index in [1.807, 2.05) is 39.8 Å². The zero-order valence-corrected chi connectivity index (χ0v) is 27.9. The highest BCUT2D eigenvalue weighted by Crippen LogP contribution is 2.28. The molecule has 10 heteroatoms. The summed E-state index contributed by atoms with van der Waals surface area (Å²) in [5.74, 6) is -0.589. The van der Waals surface area contributed by atoms with E-state index in [0.717, 1.165) is 21.9 Å². The number of anilines is 1. The van der Waals surface area contributed by atoms with Crippen molar-refractivity contribution >= 4 is 50.7 Å². The second kappa shape index (κ2) is 15.1. The Labute approximate surface area is 266 Å². The standard InChI is InChI=1S/C33H41Cl2N3O4S/c1-7-24(6)36-33(40)31(8-2)37(20-25-11-18-29(34)30(35)19-25)32(39)21-38(27-14-12-26(13-15-27)22(3)4)43(41,42)28-16-9-23(5)10-17-28/h9-19,22,24,31H,7-8,20-21H2,1-6H3,(H,36,40)/t24-,31-/m0/s1. The number of benzene rings is 3. The van der Waals surface area contributed by atoms with E-state index >= 15 is 0 Å². The minimum absolute atomic E-state index is 0.0346. The molecule has 2 amide bonds. The number of rotatable bonds is 13. The SMILES string of the molecule is CC[C@H](C)NC(=O)[C@H](CC)N(Cc1ccc(Cl)c(Cl)c1)C(=O)CN(c1ccc(C(C)C)cc1)S(=O)(=O)c1ccc(C)cc1. The molecule has 43 heavy (non-hydrogen) atoms. The predicted molar refractivity (Wildman–Crippen MR) is 175 cm³/mol. The van der Waals surface area contributed by atoms with Gasteiger partial charge in [-0.05, 0) is 80.1 Å². The topological polar surface area (TPSA) is 86.8 Å². The molecule has 0 spiro atoms. The minimum Gasteiger partial charge on any atom is -0.352 e. The summed E-state index contributed by atoms with van der Waals surface area (Å²) >= 11 is 12.4. The number of aryl methyl sites for hydroxylation is 1. The van der Waals surface area contributed by atoms with Gasteiger partial charge < -0.3 is 10.2 Å². The van der Waals surface area contributed by atoms with Crippen molar-refractivity contribution in [1.29, 1.82) is 0 Å². The number of carbonyl (C=O) groups is 2. The lowest BCUT2D eigenvalue weighted by Gasteiger charge is -2.34. The maximum absolute atomic E-state index is 14.2. The van der Waals surface area contributed by atoms with Crippen LogP contribution in [0, 0.1) is 6.92 Å². The van der Waals surface area contributed by atoms with Gasteiger partial charge >= 0.3 is 0 Å². The van der Waals surface area contributed by atoms with Crippen molar-refractivity contribution in [3.8, 4) is 0 Å². The number of sulfonamides is 1. The molecule has 0 unspecified atom stereocenters. The Kier molecular flexibility index (Phi) is 12.1. The van der Waals surface area contributed by atoms with Crippen LogP contribution in [0.2, 0.25) is 10.0 Å². The van der Waals surface area contributed by atoms with Crippen molar-refractivity contribution in [1.82, 2.24) is 10.2 Å². The van der Waals surface area contributed by atoms with E-state index in [1.54, 1.807) is 42.5 Å². The fraction of sp³-hybridized carbons (Fsp3) is 0.394. The Morgan fingerprint density at radius 3 is 2.02 bits per heavy atom. The first-order valence-corrected chi connectivity index (χ1v) is 16.7. The number of hydrogen-bond acceptors (Lipinski definition) is 4. The van der Waals surface area contributed by atoms with E-state index in [2.05, 4.69) is 19.2 Å². The summed E-state index contributed by atoms with van der Waals surface area (Å²) in [7, 11) is -4.15. The normalized spacial score (nSPS) is 13.0. The van der Waals surface area contributed by atoms with Crippen molar-refractivity contribution in [2.75, 3.05) is 10.8 Å². The maximum atomic E-state index is 14.2. The molecule has 0 radical (unpaired) electrons. The highest BCUT2D eigenvalue weighted by Gasteiger charge is 2.34. The number of carbonyl (C=O) groups excluding carboxylic acids is 2. The summed E-state index contributed by atoms with van der Waals surface area (Å²) in [6.07, 6.45) is 1.04. The van der Waals surface area contributed by atoms with Gasteiger partial charge in [0, 0.05) is 12.6 Å². The maximum Gasteiger partial charge on any atom is 0.264 e. The molecular formula is C33H41Cl2N3O4S. The molecule has 0 saturated carbocycles. The molecular weight excluding hydrogens is 605 g/mol. The van der Waals surface area contributed by atoms with Gasteiger partial charge in [0.15, 0.2) is 0 Å². The van der Waals surface area contributed by atoms with Crippen LogP contribution in [0.15, 0.2) is 71.6 Å². The number of halogens is 2. The van der Waals surface area contributed by atoms with Crippen LogP contribution >= 0.6 is 23.2 Å². The van der Waals surface area contributed by atoms with Crippen molar-refractivity contribution in [2.24, 2.45) is 0 Å². The quantitative estimate of drug-likeness (QED) is 0.211. The van der Waals surface area contributed by atoms with E-state index in [0.29, 0.717) is 27.7 Å². The van der Waals surface area contributed by atoms with Gasteiger partial charge in [-0.1, -0.05) is 86.8 Å². The average Bonchev–Trinajstić information content (AvgIpc) is 2.97. The lowest BCUT2D eigenvalue weighted by atomic mass is 10.0. The molecule has 0 aromatic heterocycles. The van der Waals surface area contributed by atoms with Crippen molar-refractivity contribution in [3.63, 3.8) is 0 Å². The van der Waals surface area contributed by atoms with Crippen LogP contribution in [0.3, 0.4) is 0 Å². The zero-order valence-electron chi connectivity index (χ0n) is 25.6. The summed E-state index contributed by atoms with van der Waals surface area (Å²) in [5, 5.41) is 3.66. The second-order valence-electron chi connectivity index (χ2n) is 11.1. The van der Waals surface area contributed by atoms with E-state index < -0.39 is 28.5 Å². The molecule has 2 atom stereocenters. The van der Waals surface area contributed by atoms with Crippen LogP contribution in [-0.4, -0.2) is 43.8 Å². The van der Waals surface area contributed by atoms with Gasteiger partial charge in [-0.25, -0.2) is 8.42 Å². The summed E-state index contributed by atoms with van der Waals surface area (Å²) < 4.78 is 29.2. The molecule has 3 rings (SSSR count). The number of hydrogen-bond donors (Lipinski definition) is 1. The van der Waals surface area contributed by atoms with Crippen molar-refractivity contribution in [2.45, 2.75) is 83.8 Å². The third kappa shape index (κ3) is 8.74. The van der Waals surface area contributed by atoms with Crippen molar-refractivity contribution in [3.05, 3.63) is 93.5 Å². The fourth-order valence-corrected chi connectivity index (χ4v) is 6.32. The van der Waals surface area contributed by atoms with Crippen LogP contribution in [0.1, 0.15) is 70.1 Å². The lowest BCUT2D eigenvalue weighted by molar-refractivity contribution is -0.140. The van der Waals surface area contributed by atoms with Gasteiger partial charge in [0.05, 0.1) is 20.6 Å². The van der Waals surface area contributed by atoms with E-state index in [9.17, 15) is 18.0 Å². The molecule has 232 valence electrons. The first-order chi connectivity index (χ1) is 20.3. The molecule has 0 fully saturated rings. The van der Waals surface area contributed by atoms with Gasteiger partial charge in [-0.3, -0.25) is 13.9 Å². The molecule has 3 aromatic carbocycles. The second-order valence-corrected chi connectivity index (χ2v) is 13.8. The van der Waals surface area contributed by atoms with Gasteiger partial charge in [0.2, 0.25) is 11.8 Å². The third-order valence-electron chi connectivity index (χ3n) is 7.46. The van der Waals surface area contributed by atoms with E-state index in [1.165, 1.54) is 17.0 Å².